The second-order valence-corrected chi connectivity index (χ2v) is 5.85. The average molecular weight is 334 g/mol. The molecule has 1 aromatic heterocycles. The van der Waals surface area contributed by atoms with Gasteiger partial charge in [-0.3, -0.25) is 0 Å². The zero-order valence-corrected chi connectivity index (χ0v) is 14.1. The predicted octanol–water partition coefficient (Wildman–Crippen LogP) is 2.99. The molecule has 0 atom stereocenters. The molecule has 0 radical (unpaired) electrons. The summed E-state index contributed by atoms with van der Waals surface area (Å²) < 4.78 is 15.7. The summed E-state index contributed by atoms with van der Waals surface area (Å²) in [7, 11) is 0. The minimum absolute atomic E-state index is 0.153. The number of hydrogen-bond acceptors (Lipinski definition) is 3. The molecule has 0 saturated carbocycles. The highest BCUT2D eigenvalue weighted by Gasteiger charge is 2.27. The van der Waals surface area contributed by atoms with Gasteiger partial charge in [-0.25, -0.2) is 13.9 Å². The topological polar surface area (TPSA) is 79.2 Å². The van der Waals surface area contributed by atoms with Crippen LogP contribution in [0.15, 0.2) is 30.6 Å². The molecule has 1 heterocycles. The smallest absolute Gasteiger partial charge is 0.319 e. The molecule has 24 heavy (non-hydrogen) atoms. The van der Waals surface area contributed by atoms with Gasteiger partial charge in [-0.1, -0.05) is 13.8 Å². The lowest BCUT2D eigenvalue weighted by Crippen LogP contribution is -2.52. The maximum atomic E-state index is 14.3. The van der Waals surface area contributed by atoms with Crippen LogP contribution in [0.5, 0.6) is 0 Å². The number of rotatable bonds is 6. The predicted molar refractivity (Wildman–Crippen MR) is 90.8 cm³/mol. The molecule has 0 bridgehead atoms. The maximum Gasteiger partial charge on any atom is 0.319 e. The van der Waals surface area contributed by atoms with Gasteiger partial charge in [-0.05, 0) is 43.5 Å². The Morgan fingerprint density at radius 1 is 1.38 bits per heavy atom. The second-order valence-electron chi connectivity index (χ2n) is 5.85. The third-order valence-electron chi connectivity index (χ3n) is 4.20. The van der Waals surface area contributed by atoms with Crippen molar-refractivity contribution in [3.05, 3.63) is 42.0 Å². The Morgan fingerprint density at radius 2 is 2.08 bits per heavy atom. The highest BCUT2D eigenvalue weighted by atomic mass is 19.1. The van der Waals surface area contributed by atoms with E-state index in [9.17, 15) is 14.3 Å². The van der Waals surface area contributed by atoms with Crippen molar-refractivity contribution in [2.75, 3.05) is 11.9 Å². The van der Waals surface area contributed by atoms with E-state index in [1.165, 1.54) is 10.7 Å². The van der Waals surface area contributed by atoms with Gasteiger partial charge in [0.2, 0.25) is 0 Å². The fraction of sp³-hybridized carbons (Fsp3) is 0.412. The number of benzene rings is 1. The summed E-state index contributed by atoms with van der Waals surface area (Å²) >= 11 is 0. The molecule has 6 nitrogen and oxygen atoms in total. The molecule has 2 aromatic rings. The van der Waals surface area contributed by atoms with Gasteiger partial charge in [0.25, 0.3) is 0 Å². The number of halogens is 1. The summed E-state index contributed by atoms with van der Waals surface area (Å²) in [5.74, 6) is -0.490. The lowest BCUT2D eigenvalue weighted by atomic mass is 9.94. The van der Waals surface area contributed by atoms with Crippen LogP contribution in [-0.2, 0) is 0 Å². The second kappa shape index (κ2) is 7.44. The van der Waals surface area contributed by atoms with Crippen molar-refractivity contribution in [1.82, 2.24) is 15.1 Å². The van der Waals surface area contributed by atoms with E-state index in [-0.39, 0.29) is 6.61 Å². The highest BCUT2D eigenvalue weighted by Crippen LogP contribution is 2.19. The third-order valence-corrected chi connectivity index (χ3v) is 4.20. The highest BCUT2D eigenvalue weighted by molar-refractivity contribution is 5.89. The first-order valence-electron chi connectivity index (χ1n) is 7.94. The molecule has 1 aromatic carbocycles. The fourth-order valence-electron chi connectivity index (χ4n) is 2.41. The number of aliphatic hydroxyl groups is 1. The van der Waals surface area contributed by atoms with Crippen LogP contribution in [0.3, 0.4) is 0 Å². The minimum Gasteiger partial charge on any atom is -0.394 e. The number of aryl methyl sites for hydroxylation is 1. The fourth-order valence-corrected chi connectivity index (χ4v) is 2.41. The quantitative estimate of drug-likeness (QED) is 0.760. The van der Waals surface area contributed by atoms with E-state index in [0.717, 1.165) is 5.56 Å². The number of anilines is 1. The van der Waals surface area contributed by atoms with Crippen molar-refractivity contribution in [3.63, 3.8) is 0 Å². The van der Waals surface area contributed by atoms with Crippen molar-refractivity contribution >= 4 is 11.7 Å². The molecular formula is C17H23FN4O2. The number of hydrogen-bond donors (Lipinski definition) is 3. The summed E-state index contributed by atoms with van der Waals surface area (Å²) in [5.41, 5.74) is 0.891. The van der Waals surface area contributed by atoms with Gasteiger partial charge in [-0.15, -0.1) is 0 Å². The van der Waals surface area contributed by atoms with E-state index in [1.54, 1.807) is 24.5 Å². The largest absolute Gasteiger partial charge is 0.394 e. The molecule has 2 amide bonds. The average Bonchev–Trinajstić information content (AvgIpc) is 2.99. The lowest BCUT2D eigenvalue weighted by molar-refractivity contribution is 0.155. The molecule has 7 heteroatoms. The van der Waals surface area contributed by atoms with Crippen molar-refractivity contribution in [3.8, 4) is 5.69 Å². The summed E-state index contributed by atoms with van der Waals surface area (Å²) in [6.07, 6.45) is 4.55. The first kappa shape index (κ1) is 17.9. The monoisotopic (exact) mass is 334 g/mol. The van der Waals surface area contributed by atoms with E-state index in [4.69, 9.17) is 0 Å². The molecule has 130 valence electrons. The zero-order valence-electron chi connectivity index (χ0n) is 14.1. The van der Waals surface area contributed by atoms with Gasteiger partial charge < -0.3 is 15.7 Å². The van der Waals surface area contributed by atoms with E-state index in [0.29, 0.717) is 24.2 Å². The van der Waals surface area contributed by atoms with Gasteiger partial charge in [-0.2, -0.15) is 5.10 Å². The van der Waals surface area contributed by atoms with Gasteiger partial charge in [0.1, 0.15) is 5.69 Å². The number of nitrogens with zero attached hydrogens (tertiary/aromatic N) is 2. The van der Waals surface area contributed by atoms with Crippen LogP contribution in [0.2, 0.25) is 0 Å². The zero-order chi connectivity index (χ0) is 17.7. The van der Waals surface area contributed by atoms with Crippen LogP contribution >= 0.6 is 0 Å². The minimum atomic E-state index is -0.671. The molecule has 0 saturated heterocycles. The number of amides is 2. The Bertz CT molecular complexity index is 702. The summed E-state index contributed by atoms with van der Waals surface area (Å²) in [4.78, 5) is 12.1. The first-order chi connectivity index (χ1) is 11.4. The van der Waals surface area contributed by atoms with E-state index in [1.807, 2.05) is 20.8 Å². The normalized spacial score (nSPS) is 11.4. The maximum absolute atomic E-state index is 14.3. The molecule has 0 spiro atoms. The van der Waals surface area contributed by atoms with Crippen LogP contribution in [0.25, 0.3) is 5.69 Å². The SMILES string of the molecule is CCC(CC)(CO)NC(=O)Nc1ccc(-n2cc(C)cn2)c(F)c1. The number of urea groups is 1. The summed E-state index contributed by atoms with van der Waals surface area (Å²) in [5, 5.41) is 18.9. The van der Waals surface area contributed by atoms with Crippen LogP contribution in [-0.4, -0.2) is 33.1 Å². The van der Waals surface area contributed by atoms with Gasteiger partial charge >= 0.3 is 6.03 Å². The number of aliphatic hydroxyl groups excluding tert-OH is 1. The Morgan fingerprint density at radius 3 is 2.58 bits per heavy atom. The first-order valence-corrected chi connectivity index (χ1v) is 7.94. The molecule has 0 aliphatic heterocycles. The van der Waals surface area contributed by atoms with Crippen LogP contribution in [0, 0.1) is 12.7 Å². The third kappa shape index (κ3) is 3.91. The van der Waals surface area contributed by atoms with Crippen molar-refractivity contribution < 1.29 is 14.3 Å². The van der Waals surface area contributed by atoms with Crippen molar-refractivity contribution in [2.45, 2.75) is 39.2 Å². The van der Waals surface area contributed by atoms with Crippen LogP contribution < -0.4 is 10.6 Å². The molecule has 3 N–H and O–H groups in total. The number of aromatic nitrogens is 2. The molecular weight excluding hydrogens is 311 g/mol. The number of carbonyl (C=O) groups excluding carboxylic acids is 1. The summed E-state index contributed by atoms with van der Waals surface area (Å²) in [6.45, 7) is 5.50. The Balaban J connectivity index is 2.11. The Kier molecular flexibility index (Phi) is 5.56. The number of carbonyl (C=O) groups is 1. The molecule has 0 aliphatic carbocycles. The number of nitrogens with one attached hydrogen (secondary N) is 2. The van der Waals surface area contributed by atoms with Crippen molar-refractivity contribution in [2.24, 2.45) is 0 Å². The van der Waals surface area contributed by atoms with Gasteiger partial charge in [0.15, 0.2) is 5.82 Å². The van der Waals surface area contributed by atoms with E-state index < -0.39 is 17.4 Å². The van der Waals surface area contributed by atoms with Crippen LogP contribution in [0.4, 0.5) is 14.9 Å². The lowest BCUT2D eigenvalue weighted by Gasteiger charge is -2.30. The van der Waals surface area contributed by atoms with Crippen LogP contribution in [0.1, 0.15) is 32.3 Å². The molecule has 2 rings (SSSR count). The Hall–Kier alpha value is -2.41. The molecule has 0 fully saturated rings. The standard InChI is InChI=1S/C17H23FN4O2/c1-4-17(5-2,11-23)21-16(24)20-13-6-7-15(14(18)8-13)22-10-12(3)9-19-22/h6-10,23H,4-5,11H2,1-3H3,(H2,20,21,24). The van der Waals surface area contributed by atoms with E-state index >= 15 is 0 Å². The van der Waals surface area contributed by atoms with Crippen molar-refractivity contribution in [1.29, 1.82) is 0 Å². The van der Waals surface area contributed by atoms with E-state index in [2.05, 4.69) is 15.7 Å². The summed E-state index contributed by atoms with van der Waals surface area (Å²) in [6, 6.07) is 3.92. The van der Waals surface area contributed by atoms with Gasteiger partial charge in [0.05, 0.1) is 18.3 Å². The molecule has 0 unspecified atom stereocenters. The Labute approximate surface area is 140 Å². The van der Waals surface area contributed by atoms with Gasteiger partial charge in [0, 0.05) is 11.9 Å². The molecule has 0 aliphatic rings.